The van der Waals surface area contributed by atoms with E-state index in [1.807, 2.05) is 42.5 Å². The molecule has 0 unspecified atom stereocenters. The number of H-pyrrole nitrogens is 1. The summed E-state index contributed by atoms with van der Waals surface area (Å²) in [5.41, 5.74) is 2.15. The molecule has 0 radical (unpaired) electrons. The first-order valence-corrected chi connectivity index (χ1v) is 8.24. The van der Waals surface area contributed by atoms with Gasteiger partial charge >= 0.3 is 0 Å². The minimum absolute atomic E-state index is 0.0989. The number of nitrogens with zero attached hydrogens (tertiary/aromatic N) is 3. The maximum atomic E-state index is 13.1. The molecule has 0 fully saturated rings. The lowest BCUT2D eigenvalue weighted by molar-refractivity contribution is -0.119. The van der Waals surface area contributed by atoms with Gasteiger partial charge in [-0.25, -0.2) is 5.10 Å². The molecule has 7 heteroatoms. The minimum atomic E-state index is -0.568. The molecular weight excluding hydrogens is 330 g/mol. The Labute approximate surface area is 150 Å². The predicted octanol–water partition coefficient (Wildman–Crippen LogP) is 2.35. The summed E-state index contributed by atoms with van der Waals surface area (Å²) in [7, 11) is 1.73. The zero-order valence-electron chi connectivity index (χ0n) is 14.1. The van der Waals surface area contributed by atoms with Crippen LogP contribution >= 0.6 is 0 Å². The molecule has 1 aliphatic heterocycles. The largest absolute Gasteiger partial charge is 0.334 e. The Balaban J connectivity index is 1.83. The van der Waals surface area contributed by atoms with Crippen molar-refractivity contribution in [2.24, 2.45) is 0 Å². The molecule has 7 nitrogen and oxygen atoms in total. The number of carbonyl (C=O) groups excluding carboxylic acids is 2. The van der Waals surface area contributed by atoms with Crippen LogP contribution in [0, 0.1) is 0 Å². The van der Waals surface area contributed by atoms with Crippen molar-refractivity contribution in [1.82, 2.24) is 20.1 Å². The van der Waals surface area contributed by atoms with Gasteiger partial charge in [0.1, 0.15) is 6.33 Å². The van der Waals surface area contributed by atoms with Gasteiger partial charge in [-0.2, -0.15) is 10.1 Å². The molecule has 26 heavy (non-hydrogen) atoms. The lowest BCUT2D eigenvalue weighted by atomic mass is 9.79. The van der Waals surface area contributed by atoms with Crippen LogP contribution in [0.1, 0.15) is 33.4 Å². The third kappa shape index (κ3) is 2.63. The first-order chi connectivity index (χ1) is 12.7. The van der Waals surface area contributed by atoms with Crippen molar-refractivity contribution in [3.63, 3.8) is 0 Å². The van der Waals surface area contributed by atoms with Crippen LogP contribution in [0.15, 0.2) is 60.9 Å². The van der Waals surface area contributed by atoms with E-state index in [2.05, 4.69) is 20.5 Å². The highest BCUT2D eigenvalue weighted by Gasteiger charge is 2.42. The molecule has 3 aromatic rings. The number of carbonyl (C=O) groups is 2. The van der Waals surface area contributed by atoms with Gasteiger partial charge in [0, 0.05) is 12.6 Å². The second kappa shape index (κ2) is 6.44. The van der Waals surface area contributed by atoms with Gasteiger partial charge in [0.15, 0.2) is 0 Å². The maximum absolute atomic E-state index is 13.1. The second-order valence-corrected chi connectivity index (χ2v) is 6.16. The molecule has 4 rings (SSSR count). The highest BCUT2D eigenvalue weighted by Crippen LogP contribution is 2.42. The summed E-state index contributed by atoms with van der Waals surface area (Å²) < 4.78 is 0. The molecule has 1 aliphatic rings. The summed E-state index contributed by atoms with van der Waals surface area (Å²) in [6.45, 7) is 0. The van der Waals surface area contributed by atoms with E-state index in [0.29, 0.717) is 11.1 Å². The van der Waals surface area contributed by atoms with Crippen molar-refractivity contribution in [3.05, 3.63) is 77.6 Å². The van der Waals surface area contributed by atoms with Crippen molar-refractivity contribution >= 4 is 17.8 Å². The minimum Gasteiger partial charge on any atom is -0.334 e. The first-order valence-electron chi connectivity index (χ1n) is 8.24. The van der Waals surface area contributed by atoms with Gasteiger partial charge in [0.2, 0.25) is 11.9 Å². The average Bonchev–Trinajstić information content (AvgIpc) is 3.18. The molecule has 2 N–H and O–H groups in total. The molecule has 2 aromatic carbocycles. The van der Waals surface area contributed by atoms with E-state index in [1.54, 1.807) is 24.1 Å². The smallest absolute Gasteiger partial charge is 0.254 e. The Kier molecular flexibility index (Phi) is 3.96. The van der Waals surface area contributed by atoms with Gasteiger partial charge in [-0.1, -0.05) is 48.5 Å². The zero-order valence-corrected chi connectivity index (χ0v) is 14.1. The molecule has 2 atom stereocenters. The topological polar surface area (TPSA) is 91.0 Å². The Morgan fingerprint density at radius 1 is 1.12 bits per heavy atom. The summed E-state index contributed by atoms with van der Waals surface area (Å²) in [5, 5.41) is 9.15. The number of aromatic amines is 1. The summed E-state index contributed by atoms with van der Waals surface area (Å²) in [6.07, 6.45) is 1.33. The number of amides is 2. The van der Waals surface area contributed by atoms with Crippen molar-refractivity contribution < 1.29 is 9.59 Å². The molecular formula is C19H17N5O2. The van der Waals surface area contributed by atoms with Crippen molar-refractivity contribution in [1.29, 1.82) is 0 Å². The first kappa shape index (κ1) is 16.0. The van der Waals surface area contributed by atoms with Gasteiger partial charge in [-0.05, 0) is 17.2 Å². The summed E-state index contributed by atoms with van der Waals surface area (Å²) in [5.74, 6) is -0.638. The van der Waals surface area contributed by atoms with Crippen LogP contribution in [-0.4, -0.2) is 38.9 Å². The van der Waals surface area contributed by atoms with Crippen LogP contribution < -0.4 is 5.32 Å². The maximum Gasteiger partial charge on any atom is 0.254 e. The van der Waals surface area contributed by atoms with E-state index >= 15 is 0 Å². The Hall–Kier alpha value is -3.48. The van der Waals surface area contributed by atoms with Crippen LogP contribution in [0.4, 0.5) is 5.95 Å². The molecule has 1 aromatic heterocycles. The standard InChI is InChI=1S/C19H17N5O2/c1-24-16(12-7-3-2-4-8-12)15(17(25)22-19-20-11-21-23-19)13-9-5-6-10-14(13)18(24)26/h2-11,15-16H,1H3,(H2,20,21,22,23,25)/t15-,16+/m1/s1. The van der Waals surface area contributed by atoms with Crippen LogP contribution in [-0.2, 0) is 4.79 Å². The fraction of sp³-hybridized carbons (Fsp3) is 0.158. The van der Waals surface area contributed by atoms with Crippen LogP contribution in [0.2, 0.25) is 0 Å². The van der Waals surface area contributed by atoms with Crippen molar-refractivity contribution in [2.45, 2.75) is 12.0 Å². The van der Waals surface area contributed by atoms with Crippen molar-refractivity contribution in [3.8, 4) is 0 Å². The van der Waals surface area contributed by atoms with E-state index in [9.17, 15) is 9.59 Å². The molecule has 0 spiro atoms. The SMILES string of the molecule is CN1C(=O)c2ccccc2[C@@H](C(=O)Nc2ncn[nH]2)[C@@H]1c1ccccc1. The lowest BCUT2D eigenvalue weighted by Gasteiger charge is -2.39. The number of nitrogens with one attached hydrogen (secondary N) is 2. The number of rotatable bonds is 3. The van der Waals surface area contributed by atoms with E-state index < -0.39 is 12.0 Å². The van der Waals surface area contributed by atoms with Crippen LogP contribution in [0.3, 0.4) is 0 Å². The van der Waals surface area contributed by atoms with E-state index in [4.69, 9.17) is 0 Å². The van der Waals surface area contributed by atoms with E-state index in [-0.39, 0.29) is 17.8 Å². The number of hydrogen-bond donors (Lipinski definition) is 2. The predicted molar refractivity (Wildman–Crippen MR) is 95.5 cm³/mol. The molecule has 2 heterocycles. The average molecular weight is 347 g/mol. The zero-order chi connectivity index (χ0) is 18.1. The molecule has 0 saturated carbocycles. The van der Waals surface area contributed by atoms with Gasteiger partial charge in [-0.15, -0.1) is 0 Å². The fourth-order valence-electron chi connectivity index (χ4n) is 3.48. The summed E-state index contributed by atoms with van der Waals surface area (Å²) in [4.78, 5) is 31.6. The third-order valence-electron chi connectivity index (χ3n) is 4.66. The van der Waals surface area contributed by atoms with Gasteiger partial charge in [0.05, 0.1) is 12.0 Å². The summed E-state index contributed by atoms with van der Waals surface area (Å²) in [6, 6.07) is 16.4. The monoisotopic (exact) mass is 347 g/mol. The Morgan fingerprint density at radius 2 is 1.85 bits per heavy atom. The Morgan fingerprint density at radius 3 is 2.58 bits per heavy atom. The number of hydrogen-bond acceptors (Lipinski definition) is 4. The van der Waals surface area contributed by atoms with Gasteiger partial charge in [-0.3, -0.25) is 14.9 Å². The van der Waals surface area contributed by atoms with Gasteiger partial charge < -0.3 is 4.90 Å². The number of benzene rings is 2. The highest BCUT2D eigenvalue weighted by molar-refractivity contribution is 6.03. The lowest BCUT2D eigenvalue weighted by Crippen LogP contribution is -2.44. The number of fused-ring (bicyclic) bond motifs is 1. The molecule has 0 saturated heterocycles. The molecule has 130 valence electrons. The fourth-order valence-corrected chi connectivity index (χ4v) is 3.48. The number of aromatic nitrogens is 3. The normalized spacial score (nSPS) is 19.1. The van der Waals surface area contributed by atoms with E-state index in [1.165, 1.54) is 6.33 Å². The molecule has 2 amide bonds. The molecule has 0 aliphatic carbocycles. The third-order valence-corrected chi connectivity index (χ3v) is 4.66. The van der Waals surface area contributed by atoms with Crippen molar-refractivity contribution in [2.75, 3.05) is 12.4 Å². The highest BCUT2D eigenvalue weighted by atomic mass is 16.2. The number of anilines is 1. The van der Waals surface area contributed by atoms with Gasteiger partial charge in [0.25, 0.3) is 5.91 Å². The number of likely N-dealkylation sites (N-methyl/N-ethyl adjacent to an activating group) is 1. The quantitative estimate of drug-likeness (QED) is 0.761. The van der Waals surface area contributed by atoms with Crippen LogP contribution in [0.25, 0.3) is 0 Å². The Bertz CT molecular complexity index is 940. The summed E-state index contributed by atoms with van der Waals surface area (Å²) >= 11 is 0. The van der Waals surface area contributed by atoms with E-state index in [0.717, 1.165) is 5.56 Å². The van der Waals surface area contributed by atoms with Crippen LogP contribution in [0.5, 0.6) is 0 Å². The second-order valence-electron chi connectivity index (χ2n) is 6.16. The molecule has 0 bridgehead atoms.